The summed E-state index contributed by atoms with van der Waals surface area (Å²) in [7, 11) is -0.954. The first-order chi connectivity index (χ1) is 9.14. The summed E-state index contributed by atoms with van der Waals surface area (Å²) in [4.78, 5) is 2.04. The van der Waals surface area contributed by atoms with Crippen LogP contribution in [0.25, 0.3) is 0 Å². The molecule has 20 heavy (non-hydrogen) atoms. The van der Waals surface area contributed by atoms with E-state index in [0.29, 0.717) is 12.6 Å². The van der Waals surface area contributed by atoms with E-state index in [0.717, 1.165) is 25.8 Å². The summed E-state index contributed by atoms with van der Waals surface area (Å²) >= 11 is 0. The van der Waals surface area contributed by atoms with Gasteiger partial charge in [-0.2, -0.15) is 0 Å². The van der Waals surface area contributed by atoms with Gasteiger partial charge in [0.1, 0.15) is 9.84 Å². The zero-order valence-electron chi connectivity index (χ0n) is 13.6. The Labute approximate surface area is 124 Å². The Morgan fingerprint density at radius 1 is 1.30 bits per heavy atom. The monoisotopic (exact) mass is 308 g/mol. The van der Waals surface area contributed by atoms with Gasteiger partial charge in [-0.25, -0.2) is 8.42 Å². The third-order valence-corrected chi connectivity index (χ3v) is 4.54. The highest BCUT2D eigenvalue weighted by molar-refractivity contribution is 7.90. The number of rotatable bonds is 11. The van der Waals surface area contributed by atoms with Crippen molar-refractivity contribution in [3.8, 4) is 0 Å². The molecule has 0 radical (unpaired) electrons. The van der Waals surface area contributed by atoms with Gasteiger partial charge in [0.15, 0.2) is 0 Å². The number of nitrogens with zero attached hydrogens (tertiary/aromatic N) is 1. The molecule has 122 valence electrons. The lowest BCUT2D eigenvalue weighted by molar-refractivity contribution is 0.132. The van der Waals surface area contributed by atoms with Crippen LogP contribution < -0.4 is 5.32 Å². The van der Waals surface area contributed by atoms with E-state index in [4.69, 9.17) is 0 Å². The number of sulfone groups is 1. The lowest BCUT2D eigenvalue weighted by atomic mass is 9.90. The molecule has 0 aliphatic rings. The predicted octanol–water partition coefficient (Wildman–Crippen LogP) is 0.882. The Morgan fingerprint density at radius 3 is 2.30 bits per heavy atom. The maximum Gasteiger partial charge on any atom is 0.148 e. The van der Waals surface area contributed by atoms with Crippen LogP contribution in [0.1, 0.15) is 40.0 Å². The van der Waals surface area contributed by atoms with Crippen molar-refractivity contribution in [2.75, 3.05) is 38.8 Å². The van der Waals surface area contributed by atoms with Crippen LogP contribution in [0, 0.1) is 0 Å². The molecule has 0 aromatic heterocycles. The normalized spacial score (nSPS) is 15.8. The highest BCUT2D eigenvalue weighted by atomic mass is 32.2. The highest BCUT2D eigenvalue weighted by Gasteiger charge is 2.27. The van der Waals surface area contributed by atoms with E-state index in [-0.39, 0.29) is 17.9 Å². The largest absolute Gasteiger partial charge is 0.394 e. The zero-order chi connectivity index (χ0) is 15.8. The summed E-state index contributed by atoms with van der Waals surface area (Å²) in [5, 5.41) is 13.1. The lowest BCUT2D eigenvalue weighted by Crippen LogP contribution is -2.51. The second kappa shape index (κ2) is 8.97. The molecule has 0 saturated carbocycles. The van der Waals surface area contributed by atoms with Crippen LogP contribution in [0.15, 0.2) is 0 Å². The number of nitrogens with one attached hydrogen (secondary N) is 1. The van der Waals surface area contributed by atoms with Crippen molar-refractivity contribution in [1.82, 2.24) is 10.2 Å². The molecule has 0 bridgehead atoms. The maximum atomic E-state index is 11.1. The molecule has 0 heterocycles. The molecule has 0 aliphatic heterocycles. The van der Waals surface area contributed by atoms with Crippen molar-refractivity contribution in [2.45, 2.75) is 51.6 Å². The van der Waals surface area contributed by atoms with E-state index in [1.807, 2.05) is 11.9 Å². The molecule has 2 N–H and O–H groups in total. The van der Waals surface area contributed by atoms with Crippen LogP contribution in [-0.4, -0.2) is 68.8 Å². The molecule has 1 atom stereocenters. The summed E-state index contributed by atoms with van der Waals surface area (Å²) in [5.74, 6) is 0.201. The summed E-state index contributed by atoms with van der Waals surface area (Å²) < 4.78 is 22.2. The lowest BCUT2D eigenvalue weighted by Gasteiger charge is -2.35. The molecule has 0 saturated heterocycles. The van der Waals surface area contributed by atoms with E-state index in [1.165, 1.54) is 6.26 Å². The summed E-state index contributed by atoms with van der Waals surface area (Å²) in [6.07, 6.45) is 3.98. The first kappa shape index (κ1) is 19.8. The third kappa shape index (κ3) is 8.89. The Kier molecular flexibility index (Phi) is 8.90. The van der Waals surface area contributed by atoms with Crippen molar-refractivity contribution in [3.05, 3.63) is 0 Å². The fourth-order valence-corrected chi connectivity index (χ4v) is 2.96. The summed E-state index contributed by atoms with van der Waals surface area (Å²) in [6, 6.07) is 0.338. The summed E-state index contributed by atoms with van der Waals surface area (Å²) in [5.41, 5.74) is -0.216. The van der Waals surface area contributed by atoms with Crippen LogP contribution in [-0.2, 0) is 9.84 Å². The van der Waals surface area contributed by atoms with E-state index in [2.05, 4.69) is 26.1 Å². The average molecular weight is 308 g/mol. The standard InChI is InChI=1S/C14H32N2O3S/c1-6-14(12-17,15-13(2)3)8-7-9-16(4)10-11-20(5,18)19/h13,15,17H,6-12H2,1-5H3. The van der Waals surface area contributed by atoms with Crippen LogP contribution in [0.5, 0.6) is 0 Å². The first-order valence-corrected chi connectivity index (χ1v) is 9.45. The van der Waals surface area contributed by atoms with Gasteiger partial charge >= 0.3 is 0 Å². The van der Waals surface area contributed by atoms with E-state index in [1.54, 1.807) is 0 Å². The van der Waals surface area contributed by atoms with Gasteiger partial charge in [0.2, 0.25) is 0 Å². The molecular formula is C14H32N2O3S. The molecule has 1 unspecified atom stereocenters. The van der Waals surface area contributed by atoms with Gasteiger partial charge in [-0.05, 0) is 32.9 Å². The maximum absolute atomic E-state index is 11.1. The Hall–Kier alpha value is -0.170. The van der Waals surface area contributed by atoms with Crippen molar-refractivity contribution in [3.63, 3.8) is 0 Å². The number of aliphatic hydroxyl groups is 1. The van der Waals surface area contributed by atoms with E-state index in [9.17, 15) is 13.5 Å². The summed E-state index contributed by atoms with van der Waals surface area (Å²) in [6.45, 7) is 7.79. The fourth-order valence-electron chi connectivity index (χ4n) is 2.32. The minimum Gasteiger partial charge on any atom is -0.394 e. The molecule has 0 spiro atoms. The quantitative estimate of drug-likeness (QED) is 0.593. The molecule has 0 aromatic carbocycles. The molecule has 0 rings (SSSR count). The Bertz CT molecular complexity index is 351. The van der Waals surface area contributed by atoms with Gasteiger partial charge in [-0.3, -0.25) is 0 Å². The van der Waals surface area contributed by atoms with Crippen molar-refractivity contribution in [1.29, 1.82) is 0 Å². The topological polar surface area (TPSA) is 69.6 Å². The first-order valence-electron chi connectivity index (χ1n) is 7.39. The molecule has 6 heteroatoms. The second-order valence-corrected chi connectivity index (χ2v) is 8.39. The Morgan fingerprint density at radius 2 is 1.90 bits per heavy atom. The fraction of sp³-hybridized carbons (Fsp3) is 1.00. The van der Waals surface area contributed by atoms with Gasteiger partial charge in [0.25, 0.3) is 0 Å². The molecule has 0 aliphatic carbocycles. The van der Waals surface area contributed by atoms with Gasteiger partial charge in [-0.1, -0.05) is 20.8 Å². The number of aliphatic hydroxyl groups excluding tert-OH is 1. The van der Waals surface area contributed by atoms with Gasteiger partial charge in [0, 0.05) is 24.4 Å². The zero-order valence-corrected chi connectivity index (χ0v) is 14.5. The van der Waals surface area contributed by atoms with Crippen molar-refractivity contribution in [2.24, 2.45) is 0 Å². The van der Waals surface area contributed by atoms with Crippen LogP contribution in [0.4, 0.5) is 0 Å². The predicted molar refractivity (Wildman–Crippen MR) is 84.8 cm³/mol. The van der Waals surface area contributed by atoms with Crippen LogP contribution in [0.2, 0.25) is 0 Å². The van der Waals surface area contributed by atoms with Crippen molar-refractivity contribution < 1.29 is 13.5 Å². The number of hydrogen-bond acceptors (Lipinski definition) is 5. The van der Waals surface area contributed by atoms with Crippen LogP contribution in [0.3, 0.4) is 0 Å². The van der Waals surface area contributed by atoms with Gasteiger partial charge in [0.05, 0.1) is 12.4 Å². The van der Waals surface area contributed by atoms with E-state index >= 15 is 0 Å². The van der Waals surface area contributed by atoms with Gasteiger partial charge in [-0.15, -0.1) is 0 Å². The van der Waals surface area contributed by atoms with Gasteiger partial charge < -0.3 is 15.3 Å². The SMILES string of the molecule is CCC(CO)(CCCN(C)CCS(C)(=O)=O)NC(C)C. The Balaban J connectivity index is 4.17. The number of hydrogen-bond donors (Lipinski definition) is 2. The molecule has 0 amide bonds. The molecule has 5 nitrogen and oxygen atoms in total. The highest BCUT2D eigenvalue weighted by Crippen LogP contribution is 2.18. The van der Waals surface area contributed by atoms with Crippen LogP contribution >= 0.6 is 0 Å². The molecular weight excluding hydrogens is 276 g/mol. The van der Waals surface area contributed by atoms with E-state index < -0.39 is 9.84 Å². The second-order valence-electron chi connectivity index (χ2n) is 6.13. The molecule has 0 fully saturated rings. The molecule has 0 aromatic rings. The minimum absolute atomic E-state index is 0.134. The smallest absolute Gasteiger partial charge is 0.148 e. The van der Waals surface area contributed by atoms with Crippen molar-refractivity contribution >= 4 is 9.84 Å². The average Bonchev–Trinajstić information content (AvgIpc) is 2.33. The third-order valence-electron chi connectivity index (χ3n) is 3.61. The minimum atomic E-state index is -2.89.